The second-order valence-electron chi connectivity index (χ2n) is 7.54. The first-order valence-electron chi connectivity index (χ1n) is 10.2. The molecule has 28 heavy (non-hydrogen) atoms. The van der Waals surface area contributed by atoms with Crippen LogP contribution < -0.4 is 4.74 Å². The van der Waals surface area contributed by atoms with E-state index in [2.05, 4.69) is 66.1 Å². The molecule has 3 aliphatic rings. The lowest BCUT2D eigenvalue weighted by Crippen LogP contribution is -2.45. The number of rotatable bonds is 7. The summed E-state index contributed by atoms with van der Waals surface area (Å²) in [6, 6.07) is 8.25. The predicted molar refractivity (Wildman–Crippen MR) is 112 cm³/mol. The quantitative estimate of drug-likeness (QED) is 0.725. The summed E-state index contributed by atoms with van der Waals surface area (Å²) in [4.78, 5) is 11.9. The molecule has 4 rings (SSSR count). The molecule has 3 heterocycles. The maximum atomic E-state index is 5.82. The van der Waals surface area contributed by atoms with Crippen LogP contribution in [0.15, 0.2) is 47.2 Å². The van der Waals surface area contributed by atoms with Crippen molar-refractivity contribution >= 4 is 11.9 Å². The summed E-state index contributed by atoms with van der Waals surface area (Å²) >= 11 is 0. The molecule has 0 spiro atoms. The number of nitrogens with zero attached hydrogens (tertiary/aromatic N) is 4. The first kappa shape index (κ1) is 18.9. The van der Waals surface area contributed by atoms with Crippen molar-refractivity contribution in [2.75, 3.05) is 46.6 Å². The van der Waals surface area contributed by atoms with Crippen LogP contribution in [-0.2, 0) is 4.74 Å². The molecule has 3 aliphatic heterocycles. The van der Waals surface area contributed by atoms with E-state index < -0.39 is 0 Å². The normalized spacial score (nSPS) is 22.2. The lowest BCUT2D eigenvalue weighted by atomic mass is 10.1. The fourth-order valence-electron chi connectivity index (χ4n) is 3.55. The standard InChI is InChI=1S/C22H30N4O2/c1-4-25-12-20-22(26(5-2)16-25)23-21(24(20)3)11-8-17-6-9-19(10-7-17)28-15-18-13-27-14-18/h6-12,18,21H,4-5,13-16H2,1-3H3/b11-8+. The van der Waals surface area contributed by atoms with E-state index in [0.717, 1.165) is 56.7 Å². The maximum absolute atomic E-state index is 5.82. The minimum atomic E-state index is 0.0293. The lowest BCUT2D eigenvalue weighted by Gasteiger charge is -2.36. The zero-order valence-electron chi connectivity index (χ0n) is 17.0. The van der Waals surface area contributed by atoms with Gasteiger partial charge >= 0.3 is 0 Å². The molecule has 1 aromatic rings. The molecule has 0 amide bonds. The summed E-state index contributed by atoms with van der Waals surface area (Å²) in [6.45, 7) is 9.62. The van der Waals surface area contributed by atoms with Crippen LogP contribution in [0.1, 0.15) is 19.4 Å². The van der Waals surface area contributed by atoms with Gasteiger partial charge in [-0.3, -0.25) is 0 Å². The van der Waals surface area contributed by atoms with Crippen molar-refractivity contribution in [3.63, 3.8) is 0 Å². The molecular weight excluding hydrogens is 352 g/mol. The van der Waals surface area contributed by atoms with Gasteiger partial charge in [-0.2, -0.15) is 0 Å². The summed E-state index contributed by atoms with van der Waals surface area (Å²) in [7, 11) is 2.12. The van der Waals surface area contributed by atoms with E-state index in [1.807, 2.05) is 12.1 Å². The number of likely N-dealkylation sites (N-methyl/N-ethyl adjacent to an activating group) is 2. The first-order valence-corrected chi connectivity index (χ1v) is 10.2. The number of amidine groups is 1. The van der Waals surface area contributed by atoms with Crippen molar-refractivity contribution < 1.29 is 9.47 Å². The molecule has 1 saturated heterocycles. The number of ether oxygens (including phenoxy) is 2. The number of hydrogen-bond donors (Lipinski definition) is 0. The van der Waals surface area contributed by atoms with Gasteiger partial charge < -0.3 is 24.2 Å². The van der Waals surface area contributed by atoms with Crippen molar-refractivity contribution in [1.82, 2.24) is 14.7 Å². The number of benzene rings is 1. The minimum Gasteiger partial charge on any atom is -0.493 e. The predicted octanol–water partition coefficient (Wildman–Crippen LogP) is 2.85. The zero-order chi connectivity index (χ0) is 19.5. The lowest BCUT2D eigenvalue weighted by molar-refractivity contribution is -0.0508. The molecule has 1 aromatic carbocycles. The Morgan fingerprint density at radius 2 is 1.96 bits per heavy atom. The average Bonchev–Trinajstić information content (AvgIpc) is 3.01. The van der Waals surface area contributed by atoms with Gasteiger partial charge in [-0.1, -0.05) is 18.2 Å². The van der Waals surface area contributed by atoms with Gasteiger partial charge in [-0.25, -0.2) is 4.99 Å². The fraction of sp³-hybridized carbons (Fsp3) is 0.500. The van der Waals surface area contributed by atoms with Gasteiger partial charge in [0.2, 0.25) is 0 Å². The van der Waals surface area contributed by atoms with Crippen LogP contribution in [0.2, 0.25) is 0 Å². The molecule has 0 radical (unpaired) electrons. The summed E-state index contributed by atoms with van der Waals surface area (Å²) in [5.41, 5.74) is 2.35. The van der Waals surface area contributed by atoms with Crippen molar-refractivity contribution in [2.24, 2.45) is 10.9 Å². The van der Waals surface area contributed by atoms with Crippen LogP contribution in [0, 0.1) is 5.92 Å². The summed E-state index contributed by atoms with van der Waals surface area (Å²) < 4.78 is 11.0. The third kappa shape index (κ3) is 3.87. The first-order chi connectivity index (χ1) is 13.7. The van der Waals surface area contributed by atoms with Gasteiger partial charge in [0.25, 0.3) is 0 Å². The zero-order valence-corrected chi connectivity index (χ0v) is 17.0. The van der Waals surface area contributed by atoms with Crippen LogP contribution in [0.4, 0.5) is 0 Å². The van der Waals surface area contributed by atoms with Gasteiger partial charge in [-0.05, 0) is 37.6 Å². The molecule has 0 aliphatic carbocycles. The van der Waals surface area contributed by atoms with E-state index in [0.29, 0.717) is 5.92 Å². The van der Waals surface area contributed by atoms with Gasteiger partial charge in [0, 0.05) is 32.3 Å². The van der Waals surface area contributed by atoms with E-state index in [-0.39, 0.29) is 6.17 Å². The van der Waals surface area contributed by atoms with Crippen LogP contribution in [0.5, 0.6) is 5.75 Å². The second-order valence-corrected chi connectivity index (χ2v) is 7.54. The number of fused-ring (bicyclic) bond motifs is 1. The SMILES string of the molecule is CCN1C=C2C(=NC(/C=C/c3ccc(OCC4COC4)cc3)N2C)N(CC)C1. The molecule has 1 fully saturated rings. The monoisotopic (exact) mass is 382 g/mol. The van der Waals surface area contributed by atoms with Gasteiger partial charge in [-0.15, -0.1) is 0 Å². The molecule has 6 heteroatoms. The smallest absolute Gasteiger partial charge is 0.152 e. The van der Waals surface area contributed by atoms with E-state index >= 15 is 0 Å². The van der Waals surface area contributed by atoms with E-state index in [9.17, 15) is 0 Å². The highest BCUT2D eigenvalue weighted by molar-refractivity contribution is 6.00. The van der Waals surface area contributed by atoms with Crippen molar-refractivity contribution in [3.05, 3.63) is 47.8 Å². The molecule has 0 saturated carbocycles. The Balaban J connectivity index is 1.41. The molecule has 0 N–H and O–H groups in total. The van der Waals surface area contributed by atoms with Crippen LogP contribution in [0.3, 0.4) is 0 Å². The topological polar surface area (TPSA) is 40.5 Å². The Labute approximate surface area is 167 Å². The van der Waals surface area contributed by atoms with Gasteiger partial charge in [0.1, 0.15) is 11.9 Å². The maximum Gasteiger partial charge on any atom is 0.152 e. The summed E-state index contributed by atoms with van der Waals surface area (Å²) in [5.74, 6) is 2.56. The van der Waals surface area contributed by atoms with Crippen molar-refractivity contribution in [1.29, 1.82) is 0 Å². The molecular formula is C22H30N4O2. The van der Waals surface area contributed by atoms with Gasteiger partial charge in [0.15, 0.2) is 5.84 Å². The largest absolute Gasteiger partial charge is 0.493 e. The van der Waals surface area contributed by atoms with E-state index in [1.165, 1.54) is 5.70 Å². The van der Waals surface area contributed by atoms with Crippen LogP contribution >= 0.6 is 0 Å². The number of aliphatic imine (C=N–C) groups is 1. The van der Waals surface area contributed by atoms with Crippen molar-refractivity contribution in [3.8, 4) is 5.75 Å². The Morgan fingerprint density at radius 3 is 2.61 bits per heavy atom. The fourth-order valence-corrected chi connectivity index (χ4v) is 3.55. The highest BCUT2D eigenvalue weighted by Gasteiger charge is 2.33. The Bertz CT molecular complexity index is 767. The van der Waals surface area contributed by atoms with E-state index in [1.54, 1.807) is 0 Å². The third-order valence-corrected chi connectivity index (χ3v) is 5.54. The summed E-state index contributed by atoms with van der Waals surface area (Å²) in [6.07, 6.45) is 6.57. The molecule has 1 unspecified atom stereocenters. The average molecular weight is 383 g/mol. The Kier molecular flexibility index (Phi) is 5.57. The van der Waals surface area contributed by atoms with Crippen LogP contribution in [0.25, 0.3) is 6.08 Å². The summed E-state index contributed by atoms with van der Waals surface area (Å²) in [5, 5.41) is 0. The van der Waals surface area contributed by atoms with Crippen molar-refractivity contribution in [2.45, 2.75) is 20.0 Å². The second kappa shape index (κ2) is 8.27. The third-order valence-electron chi connectivity index (χ3n) is 5.54. The number of hydrogen-bond acceptors (Lipinski definition) is 6. The molecule has 6 nitrogen and oxygen atoms in total. The molecule has 0 bridgehead atoms. The minimum absolute atomic E-state index is 0.0293. The van der Waals surface area contributed by atoms with E-state index in [4.69, 9.17) is 14.5 Å². The molecule has 1 atom stereocenters. The van der Waals surface area contributed by atoms with Gasteiger partial charge in [0.05, 0.1) is 32.2 Å². The Hall–Kier alpha value is -2.47. The highest BCUT2D eigenvalue weighted by atomic mass is 16.5. The molecule has 0 aromatic heterocycles. The Morgan fingerprint density at radius 1 is 1.18 bits per heavy atom. The van der Waals surface area contributed by atoms with Crippen LogP contribution in [-0.4, -0.2) is 73.3 Å². The molecule has 150 valence electrons. The highest BCUT2D eigenvalue weighted by Crippen LogP contribution is 2.26.